The van der Waals surface area contributed by atoms with Gasteiger partial charge in [-0.05, 0) is 43.5 Å². The Bertz CT molecular complexity index is 388. The van der Waals surface area contributed by atoms with Crippen molar-refractivity contribution in [3.05, 3.63) is 29.8 Å². The van der Waals surface area contributed by atoms with Gasteiger partial charge in [0.1, 0.15) is 0 Å². The summed E-state index contributed by atoms with van der Waals surface area (Å²) in [4.78, 5) is 2.52. The van der Waals surface area contributed by atoms with Crippen LogP contribution in [0.3, 0.4) is 0 Å². The molecular formula is C17H28N2. The fourth-order valence-corrected chi connectivity index (χ4v) is 2.92. The van der Waals surface area contributed by atoms with Crippen molar-refractivity contribution < 1.29 is 0 Å². The van der Waals surface area contributed by atoms with E-state index in [4.69, 9.17) is 0 Å². The Morgan fingerprint density at radius 2 is 1.89 bits per heavy atom. The van der Waals surface area contributed by atoms with Gasteiger partial charge in [-0.15, -0.1) is 0 Å². The molecule has 1 aliphatic heterocycles. The monoisotopic (exact) mass is 260 g/mol. The fourth-order valence-electron chi connectivity index (χ4n) is 2.92. The normalized spacial score (nSPS) is 17.3. The highest BCUT2D eigenvalue weighted by Gasteiger charge is 2.39. The predicted octanol–water partition coefficient (Wildman–Crippen LogP) is 3.81. The quantitative estimate of drug-likeness (QED) is 0.750. The van der Waals surface area contributed by atoms with Gasteiger partial charge in [-0.25, -0.2) is 0 Å². The molecule has 106 valence electrons. The van der Waals surface area contributed by atoms with Crippen molar-refractivity contribution in [3.8, 4) is 0 Å². The number of hydrogen-bond acceptors (Lipinski definition) is 2. The number of rotatable bonds is 7. The van der Waals surface area contributed by atoms with E-state index in [1.165, 1.54) is 43.6 Å². The average molecular weight is 260 g/mol. The number of anilines is 1. The van der Waals surface area contributed by atoms with E-state index in [-0.39, 0.29) is 0 Å². The second kappa shape index (κ2) is 6.42. The van der Waals surface area contributed by atoms with Gasteiger partial charge in [0.25, 0.3) is 0 Å². The van der Waals surface area contributed by atoms with Gasteiger partial charge >= 0.3 is 0 Å². The third kappa shape index (κ3) is 3.30. The Labute approximate surface area is 118 Å². The fraction of sp³-hybridized carbons (Fsp3) is 0.647. The van der Waals surface area contributed by atoms with Crippen molar-refractivity contribution in [1.29, 1.82) is 0 Å². The summed E-state index contributed by atoms with van der Waals surface area (Å²) in [7, 11) is 0. The lowest BCUT2D eigenvalue weighted by Crippen LogP contribution is -2.55. The molecule has 0 aromatic heterocycles. The van der Waals surface area contributed by atoms with Crippen LogP contribution in [0.25, 0.3) is 0 Å². The Morgan fingerprint density at radius 3 is 2.53 bits per heavy atom. The molecule has 0 unspecified atom stereocenters. The highest BCUT2D eigenvalue weighted by atomic mass is 15.2. The van der Waals surface area contributed by atoms with Crippen molar-refractivity contribution in [2.24, 2.45) is 5.41 Å². The van der Waals surface area contributed by atoms with Crippen LogP contribution in [0.1, 0.15) is 45.6 Å². The third-order valence-electron chi connectivity index (χ3n) is 4.58. The van der Waals surface area contributed by atoms with E-state index in [0.717, 1.165) is 13.1 Å². The van der Waals surface area contributed by atoms with Crippen molar-refractivity contribution in [2.75, 3.05) is 24.5 Å². The zero-order valence-corrected chi connectivity index (χ0v) is 12.7. The molecule has 1 saturated heterocycles. The molecule has 1 heterocycles. The molecule has 0 spiro atoms. The van der Waals surface area contributed by atoms with Crippen LogP contribution in [0.2, 0.25) is 0 Å². The zero-order valence-electron chi connectivity index (χ0n) is 12.7. The number of nitrogens with zero attached hydrogens (tertiary/aromatic N) is 1. The molecule has 2 rings (SSSR count). The molecule has 0 saturated carbocycles. The summed E-state index contributed by atoms with van der Waals surface area (Å²) < 4.78 is 0. The van der Waals surface area contributed by atoms with Crippen LogP contribution in [0.5, 0.6) is 0 Å². The second-order valence-corrected chi connectivity index (χ2v) is 5.91. The first-order valence-electron chi connectivity index (χ1n) is 7.77. The van der Waals surface area contributed by atoms with E-state index in [9.17, 15) is 0 Å². The first-order valence-corrected chi connectivity index (χ1v) is 7.77. The van der Waals surface area contributed by atoms with Crippen LogP contribution in [0.15, 0.2) is 24.3 Å². The van der Waals surface area contributed by atoms with E-state index in [2.05, 4.69) is 55.3 Å². The van der Waals surface area contributed by atoms with Crippen LogP contribution in [-0.2, 0) is 6.54 Å². The predicted molar refractivity (Wildman–Crippen MR) is 83.7 cm³/mol. The van der Waals surface area contributed by atoms with E-state index >= 15 is 0 Å². The lowest BCUT2D eigenvalue weighted by atomic mass is 9.75. The highest BCUT2D eigenvalue weighted by molar-refractivity contribution is 5.51. The number of nitrogens with one attached hydrogen (secondary N) is 1. The number of benzene rings is 1. The molecule has 1 aromatic carbocycles. The minimum absolute atomic E-state index is 0.580. The standard InChI is InChI=1S/C17H28N2/c1-4-10-18-12-15-8-7-9-16(11-15)19-13-17(5-2,6-3)14-19/h7-9,11,18H,4-6,10,12-14H2,1-3H3. The average Bonchev–Trinajstić information content (AvgIpc) is 2.40. The molecule has 1 aromatic rings. The SMILES string of the molecule is CCCNCc1cccc(N2CC(CC)(CC)C2)c1. The summed E-state index contributed by atoms with van der Waals surface area (Å²) >= 11 is 0. The molecular weight excluding hydrogens is 232 g/mol. The van der Waals surface area contributed by atoms with Crippen LogP contribution < -0.4 is 10.2 Å². The Morgan fingerprint density at radius 1 is 1.16 bits per heavy atom. The zero-order chi connectivity index (χ0) is 13.7. The summed E-state index contributed by atoms with van der Waals surface area (Å²) in [5, 5.41) is 3.47. The van der Waals surface area contributed by atoms with E-state index in [0.29, 0.717) is 5.41 Å². The van der Waals surface area contributed by atoms with Crippen molar-refractivity contribution >= 4 is 5.69 Å². The molecule has 2 nitrogen and oxygen atoms in total. The van der Waals surface area contributed by atoms with Gasteiger partial charge in [-0.2, -0.15) is 0 Å². The second-order valence-electron chi connectivity index (χ2n) is 5.91. The van der Waals surface area contributed by atoms with Gasteiger partial charge in [-0.1, -0.05) is 32.9 Å². The molecule has 2 heteroatoms. The maximum Gasteiger partial charge on any atom is 0.0369 e. The van der Waals surface area contributed by atoms with Crippen LogP contribution in [0.4, 0.5) is 5.69 Å². The molecule has 19 heavy (non-hydrogen) atoms. The van der Waals surface area contributed by atoms with Crippen molar-refractivity contribution in [3.63, 3.8) is 0 Å². The van der Waals surface area contributed by atoms with Crippen molar-refractivity contribution in [1.82, 2.24) is 5.32 Å². The molecule has 0 atom stereocenters. The molecule has 0 bridgehead atoms. The molecule has 0 amide bonds. The van der Waals surface area contributed by atoms with E-state index < -0.39 is 0 Å². The smallest absolute Gasteiger partial charge is 0.0369 e. The summed E-state index contributed by atoms with van der Waals surface area (Å²) in [6.45, 7) is 11.4. The Balaban J connectivity index is 1.93. The van der Waals surface area contributed by atoms with Crippen molar-refractivity contribution in [2.45, 2.75) is 46.6 Å². The minimum atomic E-state index is 0.580. The van der Waals surface area contributed by atoms with Gasteiger partial charge < -0.3 is 10.2 Å². The summed E-state index contributed by atoms with van der Waals surface area (Å²) in [6, 6.07) is 9.01. The Hall–Kier alpha value is -1.02. The summed E-state index contributed by atoms with van der Waals surface area (Å²) in [5.41, 5.74) is 3.38. The molecule has 1 aliphatic rings. The lowest BCUT2D eigenvalue weighted by molar-refractivity contribution is 0.194. The van der Waals surface area contributed by atoms with Crippen LogP contribution in [0, 0.1) is 5.41 Å². The van der Waals surface area contributed by atoms with E-state index in [1.54, 1.807) is 0 Å². The van der Waals surface area contributed by atoms with Crippen LogP contribution in [-0.4, -0.2) is 19.6 Å². The minimum Gasteiger partial charge on any atom is -0.370 e. The third-order valence-corrected chi connectivity index (χ3v) is 4.58. The Kier molecular flexibility index (Phi) is 4.87. The summed E-state index contributed by atoms with van der Waals surface area (Å²) in [6.07, 6.45) is 3.80. The molecule has 1 N–H and O–H groups in total. The van der Waals surface area contributed by atoms with Crippen LogP contribution >= 0.6 is 0 Å². The first kappa shape index (κ1) is 14.4. The largest absolute Gasteiger partial charge is 0.370 e. The van der Waals surface area contributed by atoms with Gasteiger partial charge in [-0.3, -0.25) is 0 Å². The highest BCUT2D eigenvalue weighted by Crippen LogP contribution is 2.39. The van der Waals surface area contributed by atoms with Gasteiger partial charge in [0.15, 0.2) is 0 Å². The van der Waals surface area contributed by atoms with Gasteiger partial charge in [0.2, 0.25) is 0 Å². The molecule has 0 aliphatic carbocycles. The summed E-state index contributed by atoms with van der Waals surface area (Å²) in [5.74, 6) is 0. The molecule has 0 radical (unpaired) electrons. The van der Waals surface area contributed by atoms with Gasteiger partial charge in [0, 0.05) is 30.7 Å². The first-order chi connectivity index (χ1) is 9.23. The molecule has 1 fully saturated rings. The van der Waals surface area contributed by atoms with E-state index in [1.807, 2.05) is 0 Å². The maximum absolute atomic E-state index is 3.47. The maximum atomic E-state index is 3.47. The number of hydrogen-bond donors (Lipinski definition) is 1. The topological polar surface area (TPSA) is 15.3 Å². The van der Waals surface area contributed by atoms with Gasteiger partial charge in [0.05, 0.1) is 0 Å². The lowest BCUT2D eigenvalue weighted by Gasteiger charge is -2.51.